The molecule has 0 unspecified atom stereocenters. The van der Waals surface area contributed by atoms with Gasteiger partial charge >= 0.3 is 0 Å². The van der Waals surface area contributed by atoms with E-state index in [2.05, 4.69) is 9.71 Å². The number of carbonyl (C=O) groups is 2. The number of pyridine rings is 1. The number of hydrogen-bond acceptors (Lipinski definition) is 6. The fourth-order valence-electron chi connectivity index (χ4n) is 2.61. The Balaban J connectivity index is 1.91. The number of hydrogen-bond donors (Lipinski definition) is 1. The van der Waals surface area contributed by atoms with Crippen LogP contribution in [0.15, 0.2) is 47.5 Å². The lowest BCUT2D eigenvalue weighted by atomic mass is 10.2. The highest BCUT2D eigenvalue weighted by atomic mass is 32.2. The summed E-state index contributed by atoms with van der Waals surface area (Å²) in [4.78, 5) is 29.0. The Kier molecular flexibility index (Phi) is 5.01. The first kappa shape index (κ1) is 18.0. The molecule has 1 aromatic carbocycles. The van der Waals surface area contributed by atoms with Gasteiger partial charge in [0.2, 0.25) is 21.8 Å². The van der Waals surface area contributed by atoms with Crippen LogP contribution in [-0.2, 0) is 26.2 Å². The van der Waals surface area contributed by atoms with Crippen molar-refractivity contribution in [1.29, 1.82) is 0 Å². The third kappa shape index (κ3) is 3.58. The summed E-state index contributed by atoms with van der Waals surface area (Å²) in [6.07, 6.45) is 1.76. The zero-order valence-corrected chi connectivity index (χ0v) is 14.8. The molecule has 9 heteroatoms. The minimum absolute atomic E-state index is 0.0200. The summed E-state index contributed by atoms with van der Waals surface area (Å²) >= 11 is 0. The number of nitrogens with one attached hydrogen (secondary N) is 1. The van der Waals surface area contributed by atoms with E-state index >= 15 is 0 Å². The first-order valence-corrected chi connectivity index (χ1v) is 9.34. The minimum Gasteiger partial charge on any atom is -0.495 e. The van der Waals surface area contributed by atoms with Gasteiger partial charge in [0, 0.05) is 19.0 Å². The zero-order valence-electron chi connectivity index (χ0n) is 14.0. The van der Waals surface area contributed by atoms with Crippen LogP contribution in [0.5, 0.6) is 5.75 Å². The monoisotopic (exact) mass is 375 g/mol. The van der Waals surface area contributed by atoms with Gasteiger partial charge in [-0.2, -0.15) is 0 Å². The molecule has 26 heavy (non-hydrogen) atoms. The van der Waals surface area contributed by atoms with Gasteiger partial charge in [0.05, 0.1) is 29.9 Å². The number of ether oxygens (including phenoxy) is 1. The van der Waals surface area contributed by atoms with Gasteiger partial charge in [-0.3, -0.25) is 14.6 Å². The smallest absolute Gasteiger partial charge is 0.241 e. The van der Waals surface area contributed by atoms with Gasteiger partial charge in [0.15, 0.2) is 0 Å². The lowest BCUT2D eigenvalue weighted by molar-refractivity contribution is -0.121. The van der Waals surface area contributed by atoms with Crippen molar-refractivity contribution in [2.45, 2.75) is 24.3 Å². The second-order valence-corrected chi connectivity index (χ2v) is 7.37. The largest absolute Gasteiger partial charge is 0.495 e. The number of methoxy groups -OCH3 is 1. The van der Waals surface area contributed by atoms with Gasteiger partial charge < -0.3 is 4.74 Å². The Morgan fingerprint density at radius 2 is 1.88 bits per heavy atom. The molecule has 2 amide bonds. The van der Waals surface area contributed by atoms with Gasteiger partial charge in [0.25, 0.3) is 0 Å². The number of benzene rings is 1. The van der Waals surface area contributed by atoms with Crippen molar-refractivity contribution in [3.63, 3.8) is 0 Å². The maximum atomic E-state index is 12.6. The summed E-state index contributed by atoms with van der Waals surface area (Å²) < 4.78 is 32.8. The van der Waals surface area contributed by atoms with Gasteiger partial charge in [0.1, 0.15) is 5.75 Å². The molecule has 0 atom stereocenters. The summed E-state index contributed by atoms with van der Waals surface area (Å²) in [6, 6.07) is 9.23. The van der Waals surface area contributed by atoms with Crippen LogP contribution in [0.1, 0.15) is 18.5 Å². The van der Waals surface area contributed by atoms with E-state index in [0.717, 1.165) is 4.90 Å². The SMILES string of the molecule is COc1ccc(S(=O)(=O)NCc2ccccn2)cc1N1C(=O)CCC1=O. The fourth-order valence-corrected chi connectivity index (χ4v) is 3.63. The van der Waals surface area contributed by atoms with Crippen molar-refractivity contribution in [3.8, 4) is 5.75 Å². The average molecular weight is 375 g/mol. The van der Waals surface area contributed by atoms with E-state index in [1.165, 1.54) is 25.3 Å². The standard InChI is InChI=1S/C17H17N3O5S/c1-25-15-6-5-13(10-14(15)20-16(21)7-8-17(20)22)26(23,24)19-11-12-4-2-3-9-18-12/h2-6,9-10,19H,7-8,11H2,1H3. The number of sulfonamides is 1. The van der Waals surface area contributed by atoms with E-state index in [4.69, 9.17) is 4.74 Å². The Labute approximate surface area is 150 Å². The molecule has 1 fully saturated rings. The summed E-state index contributed by atoms with van der Waals surface area (Å²) in [6.45, 7) is 0.0200. The first-order valence-electron chi connectivity index (χ1n) is 7.86. The molecule has 1 aliphatic heterocycles. The van der Waals surface area contributed by atoms with E-state index in [1.807, 2.05) is 0 Å². The van der Waals surface area contributed by atoms with Gasteiger partial charge in [-0.15, -0.1) is 0 Å². The van der Waals surface area contributed by atoms with Crippen LogP contribution in [0, 0.1) is 0 Å². The highest BCUT2D eigenvalue weighted by Crippen LogP contribution is 2.34. The molecule has 3 rings (SSSR count). The second kappa shape index (κ2) is 7.22. The van der Waals surface area contributed by atoms with Crippen LogP contribution < -0.4 is 14.4 Å². The number of rotatable bonds is 6. The third-order valence-electron chi connectivity index (χ3n) is 3.92. The first-order chi connectivity index (χ1) is 12.4. The van der Waals surface area contributed by atoms with E-state index in [9.17, 15) is 18.0 Å². The van der Waals surface area contributed by atoms with Gasteiger partial charge in [-0.05, 0) is 30.3 Å². The molecule has 0 bridgehead atoms. The summed E-state index contributed by atoms with van der Waals surface area (Å²) in [5.41, 5.74) is 0.690. The average Bonchev–Trinajstić information content (AvgIpc) is 2.98. The highest BCUT2D eigenvalue weighted by Gasteiger charge is 2.33. The Morgan fingerprint density at radius 1 is 1.15 bits per heavy atom. The van der Waals surface area contributed by atoms with Gasteiger partial charge in [-0.25, -0.2) is 18.0 Å². The maximum absolute atomic E-state index is 12.6. The lowest BCUT2D eigenvalue weighted by Gasteiger charge is -2.18. The molecule has 0 radical (unpaired) electrons. The Bertz CT molecular complexity index is 928. The third-order valence-corrected chi connectivity index (χ3v) is 5.32. The Morgan fingerprint density at radius 3 is 2.50 bits per heavy atom. The molecule has 2 heterocycles. The molecule has 2 aromatic rings. The molecule has 0 spiro atoms. The Hall–Kier alpha value is -2.78. The fraction of sp³-hybridized carbons (Fsp3) is 0.235. The summed E-state index contributed by atoms with van der Waals surface area (Å²) in [5.74, 6) is -0.522. The number of aromatic nitrogens is 1. The molecule has 8 nitrogen and oxygen atoms in total. The quantitative estimate of drug-likeness (QED) is 0.761. The van der Waals surface area contributed by atoms with Crippen LogP contribution in [-0.4, -0.2) is 32.3 Å². The van der Waals surface area contributed by atoms with Crippen LogP contribution in [0.4, 0.5) is 5.69 Å². The number of nitrogens with zero attached hydrogens (tertiary/aromatic N) is 2. The van der Waals surface area contributed by atoms with E-state index in [0.29, 0.717) is 5.69 Å². The number of amides is 2. The second-order valence-electron chi connectivity index (χ2n) is 5.60. The predicted molar refractivity (Wildman–Crippen MR) is 93.0 cm³/mol. The van der Waals surface area contributed by atoms with E-state index in [1.54, 1.807) is 24.4 Å². The molecule has 1 aliphatic rings. The molecule has 1 saturated heterocycles. The topological polar surface area (TPSA) is 106 Å². The zero-order chi connectivity index (χ0) is 18.7. The van der Waals surface area contributed by atoms with Crippen LogP contribution in [0.2, 0.25) is 0 Å². The highest BCUT2D eigenvalue weighted by molar-refractivity contribution is 7.89. The molecular weight excluding hydrogens is 358 g/mol. The van der Waals surface area contributed by atoms with Crippen molar-refractivity contribution in [2.24, 2.45) is 0 Å². The van der Waals surface area contributed by atoms with Crippen LogP contribution in [0.25, 0.3) is 0 Å². The van der Waals surface area contributed by atoms with E-state index < -0.39 is 10.0 Å². The number of carbonyl (C=O) groups excluding carboxylic acids is 2. The van der Waals surface area contributed by atoms with Crippen molar-refractivity contribution < 1.29 is 22.7 Å². The maximum Gasteiger partial charge on any atom is 0.241 e. The molecule has 0 aliphatic carbocycles. The van der Waals surface area contributed by atoms with Crippen molar-refractivity contribution >= 4 is 27.5 Å². The number of imide groups is 1. The van der Waals surface area contributed by atoms with Crippen molar-refractivity contribution in [2.75, 3.05) is 12.0 Å². The summed E-state index contributed by atoms with van der Waals surface area (Å²) in [7, 11) is -2.48. The van der Waals surface area contributed by atoms with Gasteiger partial charge in [-0.1, -0.05) is 6.07 Å². The molecular formula is C17H17N3O5S. The minimum atomic E-state index is -3.87. The van der Waals surface area contributed by atoms with Crippen LogP contribution >= 0.6 is 0 Å². The van der Waals surface area contributed by atoms with Crippen molar-refractivity contribution in [1.82, 2.24) is 9.71 Å². The molecule has 0 saturated carbocycles. The van der Waals surface area contributed by atoms with Crippen molar-refractivity contribution in [3.05, 3.63) is 48.3 Å². The van der Waals surface area contributed by atoms with E-state index in [-0.39, 0.29) is 47.5 Å². The summed E-state index contributed by atoms with van der Waals surface area (Å²) in [5, 5.41) is 0. The predicted octanol–water partition coefficient (Wildman–Crippen LogP) is 1.22. The molecule has 1 aromatic heterocycles. The molecule has 1 N–H and O–H groups in total. The van der Waals surface area contributed by atoms with Crippen LogP contribution in [0.3, 0.4) is 0 Å². The normalized spacial score (nSPS) is 14.7. The lowest BCUT2D eigenvalue weighted by Crippen LogP contribution is -2.30. The number of anilines is 1. The molecule has 136 valence electrons.